The van der Waals surface area contributed by atoms with Crippen LogP contribution in [0.1, 0.15) is 27.2 Å². The van der Waals surface area contributed by atoms with Crippen molar-refractivity contribution < 1.29 is 29.4 Å². The molecule has 0 radical (unpaired) electrons. The quantitative estimate of drug-likeness (QED) is 0.167. The molecule has 0 aromatic heterocycles. The number of esters is 1. The third-order valence-electron chi connectivity index (χ3n) is 2.89. The van der Waals surface area contributed by atoms with Crippen LogP contribution < -0.4 is 10.8 Å². The minimum absolute atomic E-state index is 0.00828. The van der Waals surface area contributed by atoms with Crippen molar-refractivity contribution in [2.45, 2.75) is 39.3 Å². The second-order valence-electron chi connectivity index (χ2n) is 5.15. The van der Waals surface area contributed by atoms with Gasteiger partial charge in [-0.3, -0.25) is 14.8 Å². The van der Waals surface area contributed by atoms with Gasteiger partial charge in [0.2, 0.25) is 5.91 Å². The zero-order valence-electron chi connectivity index (χ0n) is 12.9. The fourth-order valence-electron chi connectivity index (χ4n) is 1.84. The number of nitrogens with one attached hydrogen (secondary N) is 2. The summed E-state index contributed by atoms with van der Waals surface area (Å²) in [6.45, 7) is 5.41. The van der Waals surface area contributed by atoms with Crippen molar-refractivity contribution in [1.29, 1.82) is 0 Å². The third kappa shape index (κ3) is 6.63. The van der Waals surface area contributed by atoms with Crippen LogP contribution in [0, 0.1) is 11.8 Å². The van der Waals surface area contributed by atoms with Gasteiger partial charge >= 0.3 is 5.97 Å². The molecule has 2 amide bonds. The lowest BCUT2D eigenvalue weighted by molar-refractivity contribution is -0.150. The highest BCUT2D eigenvalue weighted by Gasteiger charge is 2.34. The molecular formula is C13H24N2O6S. The first-order valence-electron chi connectivity index (χ1n) is 6.98. The van der Waals surface area contributed by atoms with Crippen LogP contribution in [0.3, 0.4) is 0 Å². The Morgan fingerprint density at radius 3 is 2.23 bits per heavy atom. The lowest BCUT2D eigenvalue weighted by atomic mass is 9.90. The molecule has 0 saturated heterocycles. The molecule has 0 fully saturated rings. The van der Waals surface area contributed by atoms with Gasteiger partial charge in [0.25, 0.3) is 5.91 Å². The van der Waals surface area contributed by atoms with E-state index in [9.17, 15) is 19.5 Å². The normalized spacial score (nSPS) is 14.9. The number of carbonyl (C=O) groups is 3. The van der Waals surface area contributed by atoms with Crippen LogP contribution in [0.5, 0.6) is 0 Å². The Kier molecular flexibility index (Phi) is 9.79. The van der Waals surface area contributed by atoms with E-state index in [4.69, 9.17) is 9.94 Å². The van der Waals surface area contributed by atoms with E-state index in [0.717, 1.165) is 0 Å². The summed E-state index contributed by atoms with van der Waals surface area (Å²) in [5.74, 6) is -3.49. The van der Waals surface area contributed by atoms with E-state index < -0.39 is 35.8 Å². The van der Waals surface area contributed by atoms with Crippen molar-refractivity contribution in [1.82, 2.24) is 10.8 Å². The molecule has 0 aromatic rings. The predicted octanol–water partition coefficient (Wildman–Crippen LogP) is -0.507. The molecule has 0 spiro atoms. The average Bonchev–Trinajstić information content (AvgIpc) is 2.48. The molecule has 9 heteroatoms. The number of carbonyl (C=O) groups excluding carboxylic acids is 3. The Hall–Kier alpha value is -1.32. The van der Waals surface area contributed by atoms with Gasteiger partial charge in [0.15, 0.2) is 0 Å². The van der Waals surface area contributed by atoms with Crippen LogP contribution in [0.2, 0.25) is 0 Å². The van der Waals surface area contributed by atoms with E-state index in [2.05, 4.69) is 17.9 Å². The van der Waals surface area contributed by atoms with E-state index in [1.54, 1.807) is 6.92 Å². The molecule has 0 heterocycles. The fraction of sp³-hybridized carbons (Fsp3) is 0.769. The van der Waals surface area contributed by atoms with E-state index in [-0.39, 0.29) is 24.7 Å². The molecule has 0 unspecified atom stereocenters. The Balaban J connectivity index is 5.02. The van der Waals surface area contributed by atoms with Crippen LogP contribution in [0.25, 0.3) is 0 Å². The zero-order chi connectivity index (χ0) is 17.3. The molecule has 4 N–H and O–H groups in total. The summed E-state index contributed by atoms with van der Waals surface area (Å²) in [4.78, 5) is 35.2. The van der Waals surface area contributed by atoms with Crippen LogP contribution >= 0.6 is 12.6 Å². The molecule has 3 atom stereocenters. The molecular weight excluding hydrogens is 312 g/mol. The van der Waals surface area contributed by atoms with E-state index in [1.807, 2.05) is 13.8 Å². The molecule has 0 aromatic carbocycles. The van der Waals surface area contributed by atoms with E-state index >= 15 is 0 Å². The standard InChI is InChI=1S/C13H24N2O6S/c1-4-21-13(19)9(6-22)14-11(17)8(5-7(2)3)10(16)12(18)15-20/h7-10,16,20,22H,4-6H2,1-3H3,(H,14,17)(H,15,18)/t8-,9-,10-/m0/s1. The van der Waals surface area contributed by atoms with Gasteiger partial charge in [0.05, 0.1) is 12.5 Å². The Morgan fingerprint density at radius 1 is 1.23 bits per heavy atom. The minimum Gasteiger partial charge on any atom is -0.464 e. The summed E-state index contributed by atoms with van der Waals surface area (Å²) < 4.78 is 4.80. The Bertz CT molecular complexity index is 391. The molecule has 0 rings (SSSR count). The molecule has 0 aliphatic rings. The number of thiol groups is 1. The second kappa shape index (κ2) is 10.4. The maximum absolute atomic E-state index is 12.2. The minimum atomic E-state index is -1.73. The van der Waals surface area contributed by atoms with Gasteiger partial charge < -0.3 is 15.2 Å². The van der Waals surface area contributed by atoms with Gasteiger partial charge in [-0.1, -0.05) is 13.8 Å². The number of rotatable bonds is 9. The third-order valence-corrected chi connectivity index (χ3v) is 3.26. The number of ether oxygens (including phenoxy) is 1. The summed E-state index contributed by atoms with van der Waals surface area (Å²) in [5.41, 5.74) is 1.31. The molecule has 22 heavy (non-hydrogen) atoms. The van der Waals surface area contributed by atoms with Crippen molar-refractivity contribution >= 4 is 30.4 Å². The summed E-state index contributed by atoms with van der Waals surface area (Å²) in [5, 5.41) is 20.8. The number of amides is 2. The number of aliphatic hydroxyl groups excluding tert-OH is 1. The Labute approximate surface area is 135 Å². The fourth-order valence-corrected chi connectivity index (χ4v) is 2.08. The number of hydrogen-bond acceptors (Lipinski definition) is 7. The van der Waals surface area contributed by atoms with E-state index in [0.29, 0.717) is 0 Å². The summed E-state index contributed by atoms with van der Waals surface area (Å²) in [7, 11) is 0. The second-order valence-corrected chi connectivity index (χ2v) is 5.52. The first-order chi connectivity index (χ1) is 10.3. The maximum atomic E-state index is 12.2. The van der Waals surface area contributed by atoms with E-state index in [1.165, 1.54) is 5.48 Å². The summed E-state index contributed by atoms with van der Waals surface area (Å²) >= 11 is 3.97. The topological polar surface area (TPSA) is 125 Å². The first kappa shape index (κ1) is 20.7. The lowest BCUT2D eigenvalue weighted by Crippen LogP contribution is -2.51. The first-order valence-corrected chi connectivity index (χ1v) is 7.61. The summed E-state index contributed by atoms with van der Waals surface area (Å²) in [6, 6.07) is -0.977. The van der Waals surface area contributed by atoms with Crippen molar-refractivity contribution in [2.24, 2.45) is 11.8 Å². The van der Waals surface area contributed by atoms with Gasteiger partial charge in [0, 0.05) is 5.75 Å². The smallest absolute Gasteiger partial charge is 0.329 e. The van der Waals surface area contributed by atoms with Gasteiger partial charge in [-0.15, -0.1) is 0 Å². The van der Waals surface area contributed by atoms with Gasteiger partial charge in [-0.05, 0) is 19.3 Å². The van der Waals surface area contributed by atoms with Crippen LogP contribution in [0.4, 0.5) is 0 Å². The van der Waals surface area contributed by atoms with Crippen molar-refractivity contribution in [2.75, 3.05) is 12.4 Å². The van der Waals surface area contributed by atoms with Crippen LogP contribution in [0.15, 0.2) is 0 Å². The summed E-state index contributed by atoms with van der Waals surface area (Å²) in [6.07, 6.45) is -1.53. The van der Waals surface area contributed by atoms with Gasteiger partial charge in [-0.2, -0.15) is 12.6 Å². The number of hydrogen-bond donors (Lipinski definition) is 5. The molecule has 0 saturated carbocycles. The molecule has 128 valence electrons. The predicted molar refractivity (Wildman–Crippen MR) is 81.3 cm³/mol. The average molecular weight is 336 g/mol. The zero-order valence-corrected chi connectivity index (χ0v) is 13.8. The molecule has 0 aliphatic heterocycles. The maximum Gasteiger partial charge on any atom is 0.329 e. The highest BCUT2D eigenvalue weighted by atomic mass is 32.1. The van der Waals surface area contributed by atoms with Crippen molar-refractivity contribution in [3.8, 4) is 0 Å². The molecule has 8 nitrogen and oxygen atoms in total. The van der Waals surface area contributed by atoms with Gasteiger partial charge in [-0.25, -0.2) is 10.3 Å². The monoisotopic (exact) mass is 336 g/mol. The highest BCUT2D eigenvalue weighted by Crippen LogP contribution is 2.17. The largest absolute Gasteiger partial charge is 0.464 e. The van der Waals surface area contributed by atoms with Crippen LogP contribution in [-0.2, 0) is 19.1 Å². The van der Waals surface area contributed by atoms with Gasteiger partial charge in [0.1, 0.15) is 12.1 Å². The number of hydroxylamine groups is 1. The molecule has 0 aliphatic carbocycles. The lowest BCUT2D eigenvalue weighted by Gasteiger charge is -2.24. The number of aliphatic hydroxyl groups is 1. The van der Waals surface area contributed by atoms with Crippen molar-refractivity contribution in [3.05, 3.63) is 0 Å². The molecule has 0 bridgehead atoms. The van der Waals surface area contributed by atoms with Crippen LogP contribution in [-0.4, -0.2) is 52.6 Å². The highest BCUT2D eigenvalue weighted by molar-refractivity contribution is 7.80. The SMILES string of the molecule is CCOC(=O)[C@H](CS)NC(=O)[C@@H](CC(C)C)[C@H](O)C(=O)NO. The van der Waals surface area contributed by atoms with Crippen molar-refractivity contribution in [3.63, 3.8) is 0 Å². The Morgan fingerprint density at radius 2 is 1.82 bits per heavy atom.